The molecule has 1 heterocycles. The van der Waals surface area contributed by atoms with Gasteiger partial charge in [0.2, 0.25) is 0 Å². The number of hydrogen-bond acceptors (Lipinski definition) is 1. The van der Waals surface area contributed by atoms with Crippen LogP contribution in [0.15, 0.2) is 24.4 Å². The van der Waals surface area contributed by atoms with Gasteiger partial charge in [-0.25, -0.2) is 0 Å². The quantitative estimate of drug-likeness (QED) is 0.759. The van der Waals surface area contributed by atoms with Crippen LogP contribution in [0.4, 0.5) is 0 Å². The number of benzene rings is 1. The highest BCUT2D eigenvalue weighted by Gasteiger charge is 2.23. The largest absolute Gasteiger partial charge is 0.350 e. The van der Waals surface area contributed by atoms with E-state index in [1.807, 2.05) is 12.1 Å². The second-order valence-corrected chi connectivity index (χ2v) is 5.61. The van der Waals surface area contributed by atoms with E-state index in [2.05, 4.69) is 23.9 Å². The second kappa shape index (κ2) is 4.43. The highest BCUT2D eigenvalue weighted by Crippen LogP contribution is 2.36. The summed E-state index contributed by atoms with van der Waals surface area (Å²) in [5, 5.41) is 2.05. The average molecular weight is 262 g/mol. The Morgan fingerprint density at radius 3 is 2.72 bits per heavy atom. The van der Waals surface area contributed by atoms with Gasteiger partial charge in [-0.15, -0.1) is 0 Å². The predicted octanol–water partition coefficient (Wildman–Crippen LogP) is 4.06. The van der Waals surface area contributed by atoms with Crippen molar-refractivity contribution in [1.29, 1.82) is 0 Å². The first-order valence-electron chi connectivity index (χ1n) is 6.41. The molecule has 0 saturated heterocycles. The van der Waals surface area contributed by atoms with Gasteiger partial charge >= 0.3 is 0 Å². The van der Waals surface area contributed by atoms with E-state index in [0.717, 1.165) is 30.7 Å². The number of halogens is 1. The van der Waals surface area contributed by atoms with Crippen molar-refractivity contribution in [1.82, 2.24) is 4.57 Å². The van der Waals surface area contributed by atoms with Gasteiger partial charge in [-0.1, -0.05) is 17.7 Å². The summed E-state index contributed by atoms with van der Waals surface area (Å²) in [6, 6.07) is 6.05. The smallest absolute Gasteiger partial charge is 0.132 e. The van der Waals surface area contributed by atoms with Crippen LogP contribution in [0.1, 0.15) is 37.2 Å². The summed E-state index contributed by atoms with van der Waals surface area (Å²) < 4.78 is 2.13. The Kier molecular flexibility index (Phi) is 2.90. The van der Waals surface area contributed by atoms with Crippen LogP contribution < -0.4 is 0 Å². The molecule has 3 rings (SSSR count). The van der Waals surface area contributed by atoms with Crippen molar-refractivity contribution >= 4 is 28.3 Å². The zero-order chi connectivity index (χ0) is 12.7. The fourth-order valence-electron chi connectivity index (χ4n) is 2.96. The molecule has 0 amide bonds. The molecule has 3 heteroatoms. The first-order valence-corrected chi connectivity index (χ1v) is 6.79. The molecule has 0 radical (unpaired) electrons. The normalized spacial score (nSPS) is 17.6. The minimum atomic E-state index is 0.412. The lowest BCUT2D eigenvalue weighted by Gasteiger charge is -2.20. The van der Waals surface area contributed by atoms with Gasteiger partial charge in [0.25, 0.3) is 0 Å². The molecule has 94 valence electrons. The number of nitrogens with zero attached hydrogens (tertiary/aromatic N) is 1. The first-order chi connectivity index (χ1) is 8.65. The molecule has 1 aliphatic carbocycles. The minimum Gasteiger partial charge on any atom is -0.350 e. The third-order valence-corrected chi connectivity index (χ3v) is 4.20. The molecule has 1 saturated carbocycles. The van der Waals surface area contributed by atoms with E-state index in [0.29, 0.717) is 11.7 Å². The molecule has 1 fully saturated rings. The van der Waals surface area contributed by atoms with Crippen LogP contribution in [0, 0.1) is 0 Å². The van der Waals surface area contributed by atoms with E-state index in [9.17, 15) is 4.79 Å². The van der Waals surface area contributed by atoms with Crippen LogP contribution in [0.5, 0.6) is 0 Å². The highest BCUT2D eigenvalue weighted by atomic mass is 35.5. The van der Waals surface area contributed by atoms with E-state index >= 15 is 0 Å². The average Bonchev–Trinajstić information content (AvgIpc) is 2.68. The minimum absolute atomic E-state index is 0.412. The van der Waals surface area contributed by atoms with Crippen LogP contribution in [0.25, 0.3) is 10.9 Å². The van der Waals surface area contributed by atoms with Gasteiger partial charge < -0.3 is 4.57 Å². The molecule has 0 spiro atoms. The monoisotopic (exact) mass is 261 g/mol. The number of aromatic nitrogens is 1. The Morgan fingerprint density at radius 1 is 1.28 bits per heavy atom. The molecule has 2 nitrogen and oxygen atoms in total. The molecule has 1 aliphatic rings. The van der Waals surface area contributed by atoms with Gasteiger partial charge in [0, 0.05) is 42.0 Å². The van der Waals surface area contributed by atoms with E-state index in [1.165, 1.54) is 16.5 Å². The molecule has 0 unspecified atom stereocenters. The molecule has 0 atom stereocenters. The van der Waals surface area contributed by atoms with Crippen LogP contribution in [0.2, 0.25) is 5.02 Å². The molecule has 18 heavy (non-hydrogen) atoms. The van der Waals surface area contributed by atoms with Crippen molar-refractivity contribution in [3.05, 3.63) is 35.0 Å². The lowest BCUT2D eigenvalue weighted by Crippen LogP contribution is -2.12. The van der Waals surface area contributed by atoms with Gasteiger partial charge in [-0.05, 0) is 36.5 Å². The number of fused-ring (bicyclic) bond motifs is 1. The summed E-state index contributed by atoms with van der Waals surface area (Å²) in [5.41, 5.74) is 2.55. The molecular formula is C15H16ClNO. The molecule has 1 aromatic carbocycles. The van der Waals surface area contributed by atoms with Gasteiger partial charge in [-0.3, -0.25) is 4.79 Å². The molecule has 1 aromatic heterocycles. The number of aryl methyl sites for hydroxylation is 1. The summed E-state index contributed by atoms with van der Waals surface area (Å²) in [4.78, 5) is 11.3. The third-order valence-electron chi connectivity index (χ3n) is 3.97. The molecule has 0 bridgehead atoms. The van der Waals surface area contributed by atoms with Gasteiger partial charge in [-0.2, -0.15) is 0 Å². The van der Waals surface area contributed by atoms with Crippen LogP contribution in [-0.2, 0) is 11.8 Å². The van der Waals surface area contributed by atoms with Crippen molar-refractivity contribution in [2.24, 2.45) is 7.05 Å². The molecule has 0 N–H and O–H groups in total. The maximum absolute atomic E-state index is 11.3. The Balaban J connectivity index is 2.04. The number of carbonyl (C=O) groups is 1. The second-order valence-electron chi connectivity index (χ2n) is 5.17. The molecule has 0 aliphatic heterocycles. The third kappa shape index (κ3) is 1.95. The zero-order valence-electron chi connectivity index (χ0n) is 10.4. The first kappa shape index (κ1) is 11.8. The number of Topliss-reactive ketones (excluding diaryl/α,β-unsaturated/α-hetero) is 1. The fourth-order valence-corrected chi connectivity index (χ4v) is 3.13. The summed E-state index contributed by atoms with van der Waals surface area (Å²) in [7, 11) is 2.05. The highest BCUT2D eigenvalue weighted by molar-refractivity contribution is 6.31. The van der Waals surface area contributed by atoms with E-state index < -0.39 is 0 Å². The van der Waals surface area contributed by atoms with Gasteiger partial charge in [0.1, 0.15) is 5.78 Å². The van der Waals surface area contributed by atoms with Gasteiger partial charge in [0.05, 0.1) is 0 Å². The lowest BCUT2D eigenvalue weighted by atomic mass is 9.83. The van der Waals surface area contributed by atoms with Crippen molar-refractivity contribution in [2.75, 3.05) is 0 Å². The Labute approximate surface area is 112 Å². The standard InChI is InChI=1S/C15H16ClNO/c1-17-9-14(10-2-5-12(18)6-3-10)13-7-4-11(16)8-15(13)17/h4,7-10H,2-3,5-6H2,1H3. The van der Waals surface area contributed by atoms with E-state index in [1.54, 1.807) is 0 Å². The predicted molar refractivity (Wildman–Crippen MR) is 74.1 cm³/mol. The number of rotatable bonds is 1. The fraction of sp³-hybridized carbons (Fsp3) is 0.400. The number of carbonyl (C=O) groups excluding carboxylic acids is 1. The van der Waals surface area contributed by atoms with Crippen molar-refractivity contribution in [2.45, 2.75) is 31.6 Å². The van der Waals surface area contributed by atoms with E-state index in [4.69, 9.17) is 11.6 Å². The van der Waals surface area contributed by atoms with Crippen LogP contribution in [0.3, 0.4) is 0 Å². The number of ketones is 1. The molecule has 2 aromatic rings. The zero-order valence-corrected chi connectivity index (χ0v) is 11.2. The Hall–Kier alpha value is -1.28. The summed E-state index contributed by atoms with van der Waals surface area (Å²) in [5.74, 6) is 0.933. The topological polar surface area (TPSA) is 22.0 Å². The van der Waals surface area contributed by atoms with Crippen LogP contribution in [-0.4, -0.2) is 10.4 Å². The Bertz CT molecular complexity index is 604. The molecular weight excluding hydrogens is 246 g/mol. The van der Waals surface area contributed by atoms with E-state index in [-0.39, 0.29) is 0 Å². The van der Waals surface area contributed by atoms with Gasteiger partial charge in [0.15, 0.2) is 0 Å². The van der Waals surface area contributed by atoms with Crippen molar-refractivity contribution < 1.29 is 4.79 Å². The van der Waals surface area contributed by atoms with Crippen molar-refractivity contribution in [3.8, 4) is 0 Å². The summed E-state index contributed by atoms with van der Waals surface area (Å²) in [6.45, 7) is 0. The SMILES string of the molecule is Cn1cc(C2CCC(=O)CC2)c2ccc(Cl)cc21. The maximum atomic E-state index is 11.3. The number of hydrogen-bond donors (Lipinski definition) is 0. The van der Waals surface area contributed by atoms with Crippen LogP contribution >= 0.6 is 11.6 Å². The summed E-state index contributed by atoms with van der Waals surface area (Å²) >= 11 is 6.05. The lowest BCUT2D eigenvalue weighted by molar-refractivity contribution is -0.120. The van der Waals surface area contributed by atoms with Crippen molar-refractivity contribution in [3.63, 3.8) is 0 Å². The Morgan fingerprint density at radius 2 is 2.00 bits per heavy atom. The maximum Gasteiger partial charge on any atom is 0.132 e. The summed E-state index contributed by atoms with van der Waals surface area (Å²) in [6.07, 6.45) is 5.63.